The monoisotopic (exact) mass is 416 g/mol. The number of thiazole rings is 1. The predicted molar refractivity (Wildman–Crippen MR) is 114 cm³/mol. The van der Waals surface area contributed by atoms with Crippen LogP contribution in [0, 0.1) is 6.92 Å². The average molecular weight is 417 g/mol. The van der Waals surface area contributed by atoms with Gasteiger partial charge < -0.3 is 19.3 Å². The fourth-order valence-electron chi connectivity index (χ4n) is 3.60. The second-order valence-corrected chi connectivity index (χ2v) is 8.27. The number of piperazine rings is 1. The topological polar surface area (TPSA) is 58.1 Å². The van der Waals surface area contributed by atoms with Gasteiger partial charge in [0.2, 0.25) is 0 Å². The third-order valence-corrected chi connectivity index (χ3v) is 6.33. The molecule has 2 fully saturated rings. The Morgan fingerprint density at radius 1 is 1.14 bits per heavy atom. The molecule has 3 heterocycles. The van der Waals surface area contributed by atoms with Crippen LogP contribution in [0.15, 0.2) is 29.6 Å². The van der Waals surface area contributed by atoms with E-state index in [0.29, 0.717) is 13.1 Å². The summed E-state index contributed by atoms with van der Waals surface area (Å²) in [5.41, 5.74) is 2.17. The number of aromatic nitrogens is 1. The lowest BCUT2D eigenvalue weighted by molar-refractivity contribution is -0.133. The molecule has 0 radical (unpaired) electrons. The Labute approximate surface area is 175 Å². The number of amides is 1. The Morgan fingerprint density at radius 3 is 2.66 bits per heavy atom. The highest BCUT2D eigenvalue weighted by Gasteiger charge is 2.23. The second-order valence-electron chi connectivity index (χ2n) is 7.43. The molecule has 1 aromatic heterocycles. The lowest BCUT2D eigenvalue weighted by atomic mass is 10.2. The van der Waals surface area contributed by atoms with Crippen LogP contribution in [0.3, 0.4) is 0 Å². The molecule has 0 saturated carbocycles. The van der Waals surface area contributed by atoms with Crippen molar-refractivity contribution in [1.82, 2.24) is 14.8 Å². The normalized spacial score (nSPS) is 18.1. The summed E-state index contributed by atoms with van der Waals surface area (Å²) in [5, 5.41) is 3.20. The standard InChI is InChI=1S/C21H28N4O3S/c1-17-4-2-3-5-19(17)28-15-20(26)24-6-8-25(9-7-24)21-22-18(16-29-21)14-23-10-12-27-13-11-23/h2-5,16H,6-15H2,1H3. The quantitative estimate of drug-likeness (QED) is 0.718. The van der Waals surface area contributed by atoms with Gasteiger partial charge in [0.1, 0.15) is 5.75 Å². The summed E-state index contributed by atoms with van der Waals surface area (Å²) in [5.74, 6) is 0.815. The van der Waals surface area contributed by atoms with E-state index in [4.69, 9.17) is 14.5 Å². The van der Waals surface area contributed by atoms with Crippen LogP contribution in [-0.2, 0) is 16.1 Å². The summed E-state index contributed by atoms with van der Waals surface area (Å²) in [6.45, 7) is 9.53. The number of anilines is 1. The van der Waals surface area contributed by atoms with E-state index in [0.717, 1.165) is 68.1 Å². The van der Waals surface area contributed by atoms with E-state index < -0.39 is 0 Å². The largest absolute Gasteiger partial charge is 0.484 e. The van der Waals surface area contributed by atoms with Crippen LogP contribution in [0.25, 0.3) is 0 Å². The molecule has 2 aliphatic heterocycles. The minimum atomic E-state index is 0.0417. The van der Waals surface area contributed by atoms with Gasteiger partial charge in [-0.1, -0.05) is 18.2 Å². The molecular formula is C21H28N4O3S. The zero-order valence-corrected chi connectivity index (χ0v) is 17.7. The van der Waals surface area contributed by atoms with Crippen molar-refractivity contribution in [2.75, 3.05) is 64.0 Å². The van der Waals surface area contributed by atoms with Crippen molar-refractivity contribution in [3.63, 3.8) is 0 Å². The van der Waals surface area contributed by atoms with Crippen molar-refractivity contribution < 1.29 is 14.3 Å². The molecule has 2 aromatic rings. The van der Waals surface area contributed by atoms with Gasteiger partial charge in [0.25, 0.3) is 5.91 Å². The van der Waals surface area contributed by atoms with Gasteiger partial charge in [0, 0.05) is 51.2 Å². The highest BCUT2D eigenvalue weighted by molar-refractivity contribution is 7.13. The van der Waals surface area contributed by atoms with E-state index in [9.17, 15) is 4.79 Å². The molecule has 7 nitrogen and oxygen atoms in total. The van der Waals surface area contributed by atoms with E-state index in [1.165, 1.54) is 0 Å². The highest BCUT2D eigenvalue weighted by Crippen LogP contribution is 2.23. The maximum Gasteiger partial charge on any atom is 0.260 e. The Balaban J connectivity index is 1.24. The molecule has 0 atom stereocenters. The van der Waals surface area contributed by atoms with Gasteiger partial charge in [-0.2, -0.15) is 0 Å². The van der Waals surface area contributed by atoms with Crippen molar-refractivity contribution in [2.45, 2.75) is 13.5 Å². The predicted octanol–water partition coefficient (Wildman–Crippen LogP) is 2.01. The molecule has 0 aliphatic carbocycles. The smallest absolute Gasteiger partial charge is 0.260 e. The number of carbonyl (C=O) groups is 1. The molecule has 0 unspecified atom stereocenters. The maximum absolute atomic E-state index is 12.5. The number of rotatable bonds is 6. The molecule has 1 amide bonds. The van der Waals surface area contributed by atoms with E-state index in [2.05, 4.69) is 15.2 Å². The van der Waals surface area contributed by atoms with Gasteiger partial charge in [-0.15, -0.1) is 11.3 Å². The van der Waals surface area contributed by atoms with Crippen molar-refractivity contribution in [3.8, 4) is 5.75 Å². The van der Waals surface area contributed by atoms with Gasteiger partial charge in [-0.25, -0.2) is 4.98 Å². The van der Waals surface area contributed by atoms with Crippen molar-refractivity contribution in [3.05, 3.63) is 40.9 Å². The highest BCUT2D eigenvalue weighted by atomic mass is 32.1. The van der Waals surface area contributed by atoms with E-state index in [1.54, 1.807) is 11.3 Å². The summed E-state index contributed by atoms with van der Waals surface area (Å²) in [6, 6.07) is 7.78. The van der Waals surface area contributed by atoms with E-state index >= 15 is 0 Å². The van der Waals surface area contributed by atoms with E-state index in [1.807, 2.05) is 36.1 Å². The maximum atomic E-state index is 12.5. The average Bonchev–Trinajstić information content (AvgIpc) is 3.22. The van der Waals surface area contributed by atoms with Crippen LogP contribution in [0.5, 0.6) is 5.75 Å². The van der Waals surface area contributed by atoms with Crippen LogP contribution in [0.2, 0.25) is 0 Å². The van der Waals surface area contributed by atoms with Gasteiger partial charge >= 0.3 is 0 Å². The van der Waals surface area contributed by atoms with Crippen LogP contribution < -0.4 is 9.64 Å². The minimum absolute atomic E-state index is 0.0417. The third kappa shape index (κ3) is 5.26. The summed E-state index contributed by atoms with van der Waals surface area (Å²) >= 11 is 1.69. The molecule has 29 heavy (non-hydrogen) atoms. The van der Waals surface area contributed by atoms with Gasteiger partial charge in [-0.3, -0.25) is 9.69 Å². The van der Waals surface area contributed by atoms with E-state index in [-0.39, 0.29) is 12.5 Å². The number of benzene rings is 1. The van der Waals surface area contributed by atoms with Gasteiger partial charge in [-0.05, 0) is 18.6 Å². The SMILES string of the molecule is Cc1ccccc1OCC(=O)N1CCN(c2nc(CN3CCOCC3)cs2)CC1. The summed E-state index contributed by atoms with van der Waals surface area (Å²) in [4.78, 5) is 23.9. The molecular weight excluding hydrogens is 388 g/mol. The molecule has 0 spiro atoms. The second kappa shape index (κ2) is 9.56. The van der Waals surface area contributed by atoms with Crippen molar-refractivity contribution >= 4 is 22.4 Å². The fourth-order valence-corrected chi connectivity index (χ4v) is 4.47. The summed E-state index contributed by atoms with van der Waals surface area (Å²) in [6.07, 6.45) is 0. The first-order chi connectivity index (χ1) is 14.2. The third-order valence-electron chi connectivity index (χ3n) is 5.38. The first-order valence-electron chi connectivity index (χ1n) is 10.1. The van der Waals surface area contributed by atoms with Crippen LogP contribution in [-0.4, -0.2) is 79.8 Å². The summed E-state index contributed by atoms with van der Waals surface area (Å²) in [7, 11) is 0. The fraction of sp³-hybridized carbons (Fsp3) is 0.524. The lowest BCUT2D eigenvalue weighted by Crippen LogP contribution is -2.50. The molecule has 2 aliphatic rings. The molecule has 0 N–H and O–H groups in total. The first kappa shape index (κ1) is 20.1. The number of hydrogen-bond acceptors (Lipinski definition) is 7. The molecule has 2 saturated heterocycles. The Morgan fingerprint density at radius 2 is 1.90 bits per heavy atom. The number of para-hydroxylation sites is 1. The van der Waals surface area contributed by atoms with Crippen LogP contribution in [0.1, 0.15) is 11.3 Å². The molecule has 0 bridgehead atoms. The van der Waals surface area contributed by atoms with Crippen LogP contribution in [0.4, 0.5) is 5.13 Å². The number of ether oxygens (including phenoxy) is 2. The number of hydrogen-bond donors (Lipinski definition) is 0. The van der Waals surface area contributed by atoms with Crippen LogP contribution >= 0.6 is 11.3 Å². The van der Waals surface area contributed by atoms with Crippen molar-refractivity contribution in [1.29, 1.82) is 0 Å². The summed E-state index contributed by atoms with van der Waals surface area (Å²) < 4.78 is 11.1. The molecule has 1 aromatic carbocycles. The Kier molecular flexibility index (Phi) is 6.63. The minimum Gasteiger partial charge on any atom is -0.484 e. The van der Waals surface area contributed by atoms with Gasteiger partial charge in [0.15, 0.2) is 11.7 Å². The zero-order valence-electron chi connectivity index (χ0n) is 16.9. The number of morpholine rings is 1. The number of aryl methyl sites for hydroxylation is 1. The van der Waals surface area contributed by atoms with Gasteiger partial charge in [0.05, 0.1) is 18.9 Å². The number of nitrogens with zero attached hydrogens (tertiary/aromatic N) is 4. The molecule has 4 rings (SSSR count). The number of carbonyl (C=O) groups excluding carboxylic acids is 1. The molecule has 8 heteroatoms. The first-order valence-corrected chi connectivity index (χ1v) is 11.0. The van der Waals surface area contributed by atoms with Crippen molar-refractivity contribution in [2.24, 2.45) is 0 Å². The Bertz CT molecular complexity index is 814. The Hall–Kier alpha value is -2.16. The zero-order chi connectivity index (χ0) is 20.1. The lowest BCUT2D eigenvalue weighted by Gasteiger charge is -2.34. The molecule has 156 valence electrons.